The van der Waals surface area contributed by atoms with Crippen LogP contribution in [0.15, 0.2) is 65.3 Å². The van der Waals surface area contributed by atoms with Crippen LogP contribution in [0.25, 0.3) is 5.57 Å². The minimum Gasteiger partial charge on any atom is -0.510 e. The summed E-state index contributed by atoms with van der Waals surface area (Å²) in [6.07, 6.45) is 10.7. The second kappa shape index (κ2) is 10.2. The third kappa shape index (κ3) is 4.74. The molecule has 4 bridgehead atoms. The average molecular weight is 548 g/mol. The highest BCUT2D eigenvalue weighted by Gasteiger charge is 2.53. The third-order valence-electron chi connectivity index (χ3n) is 10.7. The maximum Gasteiger partial charge on any atom is 0.228 e. The molecular formula is C35H41N5O. The fraction of sp³-hybridized carbons (Fsp3) is 0.514. The fourth-order valence-electron chi connectivity index (χ4n) is 9.13. The Morgan fingerprint density at radius 1 is 0.854 bits per heavy atom. The second-order valence-electron chi connectivity index (χ2n) is 13.6. The van der Waals surface area contributed by atoms with E-state index in [0.29, 0.717) is 18.7 Å². The molecule has 1 aromatic heterocycles. The highest BCUT2D eigenvalue weighted by molar-refractivity contribution is 5.67. The molecule has 4 saturated carbocycles. The first-order valence-corrected chi connectivity index (χ1v) is 15.9. The first-order valence-electron chi connectivity index (χ1n) is 15.9. The lowest BCUT2D eigenvalue weighted by molar-refractivity contribution is -0.00981. The van der Waals surface area contributed by atoms with Crippen molar-refractivity contribution in [3.05, 3.63) is 94.3 Å². The van der Waals surface area contributed by atoms with Gasteiger partial charge in [-0.2, -0.15) is 4.98 Å². The number of allylic oxidation sites excluding steroid dienone is 2. The smallest absolute Gasteiger partial charge is 0.228 e. The Hall–Kier alpha value is -3.25. The molecule has 0 amide bonds. The molecule has 9 rings (SSSR count). The summed E-state index contributed by atoms with van der Waals surface area (Å²) in [6.45, 7) is 4.35. The number of hydrogen-bond acceptors (Lipinski definition) is 5. The average Bonchev–Trinajstić information content (AvgIpc) is 3.29. The molecule has 0 unspecified atom stereocenters. The molecular weight excluding hydrogens is 506 g/mol. The van der Waals surface area contributed by atoms with Crippen molar-refractivity contribution in [2.24, 2.45) is 22.7 Å². The quantitative estimate of drug-likeness (QED) is 0.390. The molecule has 2 aliphatic heterocycles. The topological polar surface area (TPSA) is 66.5 Å². The van der Waals surface area contributed by atoms with Gasteiger partial charge in [-0.3, -0.25) is 14.5 Å². The number of aromatic nitrogens is 3. The Kier molecular flexibility index (Phi) is 6.35. The molecule has 2 aromatic carbocycles. The molecule has 0 radical (unpaired) electrons. The number of aliphatic hydroxyl groups excluding tert-OH is 1. The van der Waals surface area contributed by atoms with Gasteiger partial charge in [0.25, 0.3) is 0 Å². The predicted octanol–water partition coefficient (Wildman–Crippen LogP) is 5.62. The maximum atomic E-state index is 11.2. The zero-order valence-corrected chi connectivity index (χ0v) is 24.0. The standard InChI is InChI=1S/C35H41N5O/c41-31-23-40-32(30(31)18-24-7-2-1-3-8-24)37-33(35-19-25-15-26(20-35)17-27(16-25)21-35)38-34(40)36-12-6-13-39-14-11-28-9-4-5-10-29(28)22-39/h1-5,7-10,25-27,41H,6,11-23H2. The lowest BCUT2D eigenvalue weighted by Crippen LogP contribution is -2.50. The maximum absolute atomic E-state index is 11.2. The van der Waals surface area contributed by atoms with E-state index in [4.69, 9.17) is 15.0 Å². The summed E-state index contributed by atoms with van der Waals surface area (Å²) < 4.78 is 2.08. The number of hydrogen-bond donors (Lipinski definition) is 1. The highest BCUT2D eigenvalue weighted by atomic mass is 16.3. The van der Waals surface area contributed by atoms with Crippen LogP contribution in [0.5, 0.6) is 0 Å². The Morgan fingerprint density at radius 2 is 1.56 bits per heavy atom. The summed E-state index contributed by atoms with van der Waals surface area (Å²) >= 11 is 0. The highest BCUT2D eigenvalue weighted by Crippen LogP contribution is 2.60. The molecule has 6 aliphatic rings. The van der Waals surface area contributed by atoms with Crippen molar-refractivity contribution in [1.29, 1.82) is 0 Å². The van der Waals surface area contributed by atoms with Crippen LogP contribution in [0.3, 0.4) is 0 Å². The summed E-state index contributed by atoms with van der Waals surface area (Å²) in [5.41, 5.74) is 5.95. The summed E-state index contributed by atoms with van der Waals surface area (Å²) in [5, 5.41) is 11.2. The Bertz CT molecular complexity index is 1520. The van der Waals surface area contributed by atoms with Gasteiger partial charge in [-0.1, -0.05) is 54.6 Å². The first-order chi connectivity index (χ1) is 20.1. The van der Waals surface area contributed by atoms with Gasteiger partial charge in [-0.15, -0.1) is 0 Å². The molecule has 3 aromatic rings. The van der Waals surface area contributed by atoms with E-state index in [0.717, 1.165) is 79.6 Å². The van der Waals surface area contributed by atoms with E-state index in [1.807, 2.05) is 6.07 Å². The summed E-state index contributed by atoms with van der Waals surface area (Å²) in [7, 11) is 0. The van der Waals surface area contributed by atoms with Gasteiger partial charge >= 0.3 is 0 Å². The Morgan fingerprint density at radius 3 is 2.32 bits per heavy atom. The van der Waals surface area contributed by atoms with Gasteiger partial charge in [-0.25, -0.2) is 4.98 Å². The number of aliphatic hydroxyl groups is 1. The van der Waals surface area contributed by atoms with Gasteiger partial charge in [0.1, 0.15) is 17.4 Å². The minimum atomic E-state index is 0.0892. The van der Waals surface area contributed by atoms with Crippen LogP contribution >= 0.6 is 0 Å². The van der Waals surface area contributed by atoms with Gasteiger partial charge in [0.2, 0.25) is 5.62 Å². The number of benzene rings is 2. The van der Waals surface area contributed by atoms with Crippen molar-refractivity contribution in [1.82, 2.24) is 19.4 Å². The van der Waals surface area contributed by atoms with Crippen LogP contribution in [-0.2, 0) is 31.3 Å². The van der Waals surface area contributed by atoms with Crippen LogP contribution in [0.4, 0.5) is 0 Å². The zero-order valence-electron chi connectivity index (χ0n) is 24.0. The Labute approximate surface area is 242 Å². The van der Waals surface area contributed by atoms with Gasteiger partial charge in [0.05, 0.1) is 6.54 Å². The molecule has 0 saturated heterocycles. The normalized spacial score (nSPS) is 28.8. The van der Waals surface area contributed by atoms with Crippen molar-refractivity contribution < 1.29 is 5.11 Å². The van der Waals surface area contributed by atoms with Gasteiger partial charge in [-0.05, 0) is 85.8 Å². The second-order valence-corrected chi connectivity index (χ2v) is 13.6. The molecule has 6 nitrogen and oxygen atoms in total. The van der Waals surface area contributed by atoms with Gasteiger partial charge in [0, 0.05) is 43.6 Å². The van der Waals surface area contributed by atoms with Crippen LogP contribution in [0.1, 0.15) is 73.3 Å². The molecule has 41 heavy (non-hydrogen) atoms. The number of fused-ring (bicyclic) bond motifs is 2. The summed E-state index contributed by atoms with van der Waals surface area (Å²) in [6, 6.07) is 19.3. The molecule has 6 heteroatoms. The van der Waals surface area contributed by atoms with E-state index in [2.05, 4.69) is 58.0 Å². The lowest BCUT2D eigenvalue weighted by atomic mass is 9.49. The van der Waals surface area contributed by atoms with E-state index >= 15 is 0 Å². The monoisotopic (exact) mass is 547 g/mol. The Balaban J connectivity index is 1.09. The van der Waals surface area contributed by atoms with Crippen molar-refractivity contribution in [2.45, 2.75) is 76.3 Å². The van der Waals surface area contributed by atoms with E-state index in [1.165, 1.54) is 55.2 Å². The summed E-state index contributed by atoms with van der Waals surface area (Å²) in [4.78, 5) is 18.3. The first kappa shape index (κ1) is 25.5. The van der Waals surface area contributed by atoms with Crippen LogP contribution in [-0.4, -0.2) is 44.2 Å². The van der Waals surface area contributed by atoms with E-state index < -0.39 is 0 Å². The molecule has 3 heterocycles. The van der Waals surface area contributed by atoms with E-state index in [-0.39, 0.29) is 5.41 Å². The molecule has 0 spiro atoms. The number of rotatable bonds is 7. The van der Waals surface area contributed by atoms with Crippen molar-refractivity contribution in [3.8, 4) is 0 Å². The number of nitrogens with zero attached hydrogens (tertiary/aromatic N) is 5. The SMILES string of the molecule is OC1=C(Cc2ccccc2)c2nc(C34CC5CC(CC(C5)C3)C4)nc(=NCCCN3CCc4ccccc4C3)n2C1. The lowest BCUT2D eigenvalue weighted by Gasteiger charge is -2.55. The minimum absolute atomic E-state index is 0.0892. The third-order valence-corrected chi connectivity index (χ3v) is 10.7. The van der Waals surface area contributed by atoms with Gasteiger partial charge < -0.3 is 5.11 Å². The van der Waals surface area contributed by atoms with Crippen molar-refractivity contribution >= 4 is 5.57 Å². The van der Waals surface area contributed by atoms with Crippen LogP contribution in [0, 0.1) is 17.8 Å². The predicted molar refractivity (Wildman–Crippen MR) is 160 cm³/mol. The summed E-state index contributed by atoms with van der Waals surface area (Å²) in [5.74, 6) is 4.79. The fourth-order valence-corrected chi connectivity index (χ4v) is 9.13. The molecule has 4 aliphatic carbocycles. The van der Waals surface area contributed by atoms with Crippen molar-refractivity contribution in [2.75, 3.05) is 19.6 Å². The van der Waals surface area contributed by atoms with Crippen LogP contribution in [0.2, 0.25) is 0 Å². The van der Waals surface area contributed by atoms with Crippen LogP contribution < -0.4 is 5.62 Å². The van der Waals surface area contributed by atoms with E-state index in [1.54, 1.807) is 0 Å². The van der Waals surface area contributed by atoms with Gasteiger partial charge in [0.15, 0.2) is 0 Å². The molecule has 212 valence electrons. The van der Waals surface area contributed by atoms with E-state index in [9.17, 15) is 5.11 Å². The largest absolute Gasteiger partial charge is 0.510 e. The van der Waals surface area contributed by atoms with Crippen molar-refractivity contribution in [3.63, 3.8) is 0 Å². The zero-order chi connectivity index (χ0) is 27.4. The molecule has 1 N–H and O–H groups in total. The molecule has 0 atom stereocenters. The molecule has 4 fully saturated rings.